The largest absolute Gasteiger partial charge is 0.473 e. The van der Waals surface area contributed by atoms with Gasteiger partial charge in [-0.3, -0.25) is 4.90 Å². The monoisotopic (exact) mass is 405 g/mol. The highest BCUT2D eigenvalue weighted by Crippen LogP contribution is 2.12. The lowest BCUT2D eigenvalue weighted by atomic mass is 10.1. The van der Waals surface area contributed by atoms with E-state index in [9.17, 15) is 0 Å². The lowest BCUT2D eigenvalue weighted by Gasteiger charge is -2.23. The molecule has 0 atom stereocenters. The Balaban J connectivity index is 0.000000469. The molecule has 0 aromatic heterocycles. The van der Waals surface area contributed by atoms with Crippen molar-refractivity contribution in [2.75, 3.05) is 6.54 Å². The highest BCUT2D eigenvalue weighted by atomic mass is 16.4. The minimum atomic E-state index is -1.82. The normalized spacial score (nSPS) is 10.2. The fraction of sp³-hybridized carbons (Fsp3) is 0.200. The van der Waals surface area contributed by atoms with Crippen molar-refractivity contribution in [2.45, 2.75) is 26.4 Å². The van der Waals surface area contributed by atoms with E-state index >= 15 is 0 Å². The SMILES string of the molecule is Cc1ccc(CN(CCc2ccccc2)Cc2ccccc2)cc1.O=C(O)C(=O)O. The number of hydrogen-bond donors (Lipinski definition) is 2. The summed E-state index contributed by atoms with van der Waals surface area (Å²) in [6.07, 6.45) is 1.08. The Bertz CT molecular complexity index is 897. The molecule has 156 valence electrons. The molecule has 3 rings (SSSR count). The smallest absolute Gasteiger partial charge is 0.414 e. The van der Waals surface area contributed by atoms with Gasteiger partial charge in [0.1, 0.15) is 0 Å². The molecule has 0 unspecified atom stereocenters. The highest BCUT2D eigenvalue weighted by molar-refractivity contribution is 6.27. The van der Waals surface area contributed by atoms with Crippen LogP contribution in [0.15, 0.2) is 84.9 Å². The predicted molar refractivity (Wildman–Crippen MR) is 117 cm³/mol. The van der Waals surface area contributed by atoms with E-state index in [-0.39, 0.29) is 0 Å². The molecule has 0 aliphatic heterocycles. The summed E-state index contributed by atoms with van der Waals surface area (Å²) in [5, 5.41) is 14.8. The van der Waals surface area contributed by atoms with Crippen LogP contribution in [0.2, 0.25) is 0 Å². The van der Waals surface area contributed by atoms with Crippen LogP contribution < -0.4 is 0 Å². The van der Waals surface area contributed by atoms with Gasteiger partial charge in [-0.1, -0.05) is 90.5 Å². The molecule has 0 heterocycles. The molecule has 5 heteroatoms. The van der Waals surface area contributed by atoms with E-state index < -0.39 is 11.9 Å². The van der Waals surface area contributed by atoms with E-state index in [1.54, 1.807) is 0 Å². The second-order valence-electron chi connectivity index (χ2n) is 7.03. The van der Waals surface area contributed by atoms with E-state index in [1.807, 2.05) is 0 Å². The topological polar surface area (TPSA) is 77.8 Å². The van der Waals surface area contributed by atoms with Crippen molar-refractivity contribution in [3.8, 4) is 0 Å². The zero-order valence-corrected chi connectivity index (χ0v) is 17.1. The first-order chi connectivity index (χ1) is 14.4. The molecule has 2 N–H and O–H groups in total. The molecule has 0 saturated heterocycles. The van der Waals surface area contributed by atoms with Gasteiger partial charge in [-0.2, -0.15) is 0 Å². The number of carboxylic acid groups (broad SMARTS) is 2. The average molecular weight is 405 g/mol. The van der Waals surface area contributed by atoms with Crippen molar-refractivity contribution in [1.29, 1.82) is 0 Å². The summed E-state index contributed by atoms with van der Waals surface area (Å²) in [6, 6.07) is 30.4. The minimum Gasteiger partial charge on any atom is -0.473 e. The first-order valence-corrected chi connectivity index (χ1v) is 9.76. The van der Waals surface area contributed by atoms with Gasteiger partial charge in [0.05, 0.1) is 0 Å². The first-order valence-electron chi connectivity index (χ1n) is 9.76. The van der Waals surface area contributed by atoms with Crippen LogP contribution in [-0.4, -0.2) is 33.6 Å². The first kappa shape index (κ1) is 22.8. The van der Waals surface area contributed by atoms with Gasteiger partial charge in [-0.05, 0) is 30.0 Å². The number of aryl methyl sites for hydroxylation is 1. The fourth-order valence-corrected chi connectivity index (χ4v) is 2.94. The minimum absolute atomic E-state index is 0.988. The molecular weight excluding hydrogens is 378 g/mol. The maximum atomic E-state index is 9.10. The number of rotatable bonds is 7. The summed E-state index contributed by atoms with van der Waals surface area (Å²) in [7, 11) is 0. The maximum absolute atomic E-state index is 9.10. The Labute approximate surface area is 177 Å². The average Bonchev–Trinajstić information content (AvgIpc) is 2.75. The fourth-order valence-electron chi connectivity index (χ4n) is 2.94. The van der Waals surface area contributed by atoms with Gasteiger partial charge in [0.25, 0.3) is 0 Å². The summed E-state index contributed by atoms with van der Waals surface area (Å²) in [4.78, 5) is 20.7. The molecule has 0 saturated carbocycles. The third-order valence-corrected chi connectivity index (χ3v) is 4.52. The van der Waals surface area contributed by atoms with Gasteiger partial charge in [0, 0.05) is 19.6 Å². The summed E-state index contributed by atoms with van der Waals surface area (Å²) >= 11 is 0. The molecule has 0 aliphatic carbocycles. The standard InChI is InChI=1S/C23H25N.C2H2O4/c1-20-12-14-23(15-13-20)19-24(18-22-10-6-3-7-11-22)17-16-21-8-4-2-5-9-21;3-1(4)2(5)6/h2-15H,16-19H2,1H3;(H,3,4)(H,5,6). The molecule has 0 radical (unpaired) electrons. The van der Waals surface area contributed by atoms with Gasteiger partial charge in [-0.15, -0.1) is 0 Å². The summed E-state index contributed by atoms with van der Waals surface area (Å²) < 4.78 is 0. The predicted octanol–water partition coefficient (Wildman–Crippen LogP) is 4.40. The molecule has 0 amide bonds. The number of hydrogen-bond acceptors (Lipinski definition) is 3. The van der Waals surface area contributed by atoms with E-state index in [2.05, 4.69) is 96.8 Å². The van der Waals surface area contributed by atoms with E-state index in [0.717, 1.165) is 26.1 Å². The van der Waals surface area contributed by atoms with Crippen molar-refractivity contribution >= 4 is 11.9 Å². The van der Waals surface area contributed by atoms with Crippen molar-refractivity contribution in [1.82, 2.24) is 4.90 Å². The molecule has 0 aliphatic rings. The second-order valence-corrected chi connectivity index (χ2v) is 7.03. The summed E-state index contributed by atoms with van der Waals surface area (Å²) in [5.41, 5.74) is 5.47. The zero-order valence-electron chi connectivity index (χ0n) is 17.1. The van der Waals surface area contributed by atoms with Gasteiger partial charge in [0.15, 0.2) is 0 Å². The van der Waals surface area contributed by atoms with Crippen LogP contribution >= 0.6 is 0 Å². The van der Waals surface area contributed by atoms with Crippen molar-refractivity contribution in [3.05, 3.63) is 107 Å². The third kappa shape index (κ3) is 8.71. The Morgan fingerprint density at radius 1 is 0.667 bits per heavy atom. The van der Waals surface area contributed by atoms with E-state index in [4.69, 9.17) is 19.8 Å². The molecule has 3 aromatic carbocycles. The molecule has 30 heavy (non-hydrogen) atoms. The van der Waals surface area contributed by atoms with Crippen molar-refractivity contribution in [3.63, 3.8) is 0 Å². The van der Waals surface area contributed by atoms with Crippen LogP contribution in [-0.2, 0) is 29.1 Å². The number of aliphatic carboxylic acids is 2. The Kier molecular flexibility index (Phi) is 9.28. The van der Waals surface area contributed by atoms with Crippen LogP contribution in [0.1, 0.15) is 22.3 Å². The van der Waals surface area contributed by atoms with Crippen molar-refractivity contribution < 1.29 is 19.8 Å². The van der Waals surface area contributed by atoms with E-state index in [1.165, 1.54) is 22.3 Å². The molecule has 0 fully saturated rings. The summed E-state index contributed by atoms with van der Waals surface area (Å²) in [5.74, 6) is -3.65. The second kappa shape index (κ2) is 12.2. The number of nitrogens with zero attached hydrogens (tertiary/aromatic N) is 1. The number of carboxylic acids is 2. The number of carbonyl (C=O) groups is 2. The molecule has 0 bridgehead atoms. The van der Waals surface area contributed by atoms with Crippen LogP contribution in [0.4, 0.5) is 0 Å². The quantitative estimate of drug-likeness (QED) is 0.570. The maximum Gasteiger partial charge on any atom is 0.414 e. The Morgan fingerprint density at radius 3 is 1.57 bits per heavy atom. The highest BCUT2D eigenvalue weighted by Gasteiger charge is 2.08. The van der Waals surface area contributed by atoms with Gasteiger partial charge in [-0.25, -0.2) is 9.59 Å². The van der Waals surface area contributed by atoms with Gasteiger partial charge >= 0.3 is 11.9 Å². The van der Waals surface area contributed by atoms with Crippen molar-refractivity contribution in [2.24, 2.45) is 0 Å². The lowest BCUT2D eigenvalue weighted by Crippen LogP contribution is -2.25. The van der Waals surface area contributed by atoms with Gasteiger partial charge in [0.2, 0.25) is 0 Å². The third-order valence-electron chi connectivity index (χ3n) is 4.52. The lowest BCUT2D eigenvalue weighted by molar-refractivity contribution is -0.159. The molecular formula is C25H27NO4. The van der Waals surface area contributed by atoms with Gasteiger partial charge < -0.3 is 10.2 Å². The molecule has 3 aromatic rings. The van der Waals surface area contributed by atoms with E-state index in [0.29, 0.717) is 0 Å². The van der Waals surface area contributed by atoms with Crippen LogP contribution in [0.3, 0.4) is 0 Å². The van der Waals surface area contributed by atoms with Crippen LogP contribution in [0.25, 0.3) is 0 Å². The summed E-state index contributed by atoms with van der Waals surface area (Å²) in [6.45, 7) is 5.18. The Hall–Kier alpha value is -3.44. The zero-order chi connectivity index (χ0) is 21.8. The molecule has 5 nitrogen and oxygen atoms in total. The van der Waals surface area contributed by atoms with Crippen LogP contribution in [0, 0.1) is 6.92 Å². The number of benzene rings is 3. The van der Waals surface area contributed by atoms with Crippen LogP contribution in [0.5, 0.6) is 0 Å². The molecule has 0 spiro atoms. The Morgan fingerprint density at radius 2 is 1.10 bits per heavy atom.